The van der Waals surface area contributed by atoms with E-state index in [0.29, 0.717) is 12.0 Å². The average Bonchev–Trinajstić information content (AvgIpc) is 2.49. The zero-order chi connectivity index (χ0) is 15.2. The fraction of sp³-hybridized carbons (Fsp3) is 0.294. The molecule has 0 saturated heterocycles. The van der Waals surface area contributed by atoms with Crippen LogP contribution in [0.1, 0.15) is 11.1 Å². The molecule has 0 radical (unpaired) electrons. The van der Waals surface area contributed by atoms with Gasteiger partial charge in [-0.05, 0) is 48.1 Å². The van der Waals surface area contributed by atoms with Crippen molar-refractivity contribution in [2.75, 3.05) is 12.4 Å². The average molecular weight is 355 g/mol. The van der Waals surface area contributed by atoms with Crippen LogP contribution in [0.5, 0.6) is 5.75 Å². The van der Waals surface area contributed by atoms with Gasteiger partial charge in [0.05, 0.1) is 7.11 Å². The minimum Gasteiger partial charge on any atom is -0.497 e. The van der Waals surface area contributed by atoms with Crippen molar-refractivity contribution in [3.63, 3.8) is 0 Å². The lowest BCUT2D eigenvalue weighted by molar-refractivity contribution is 0.414. The van der Waals surface area contributed by atoms with E-state index in [2.05, 4.69) is 15.9 Å². The van der Waals surface area contributed by atoms with Gasteiger partial charge in [0.2, 0.25) is 0 Å². The summed E-state index contributed by atoms with van der Waals surface area (Å²) in [7, 11) is 1.63. The van der Waals surface area contributed by atoms with Crippen LogP contribution in [0.4, 0.5) is 8.78 Å². The molecule has 2 rings (SSSR count). The Morgan fingerprint density at radius 2 is 1.90 bits per heavy atom. The van der Waals surface area contributed by atoms with Crippen LogP contribution < -0.4 is 4.74 Å². The Labute approximate surface area is 132 Å². The third-order valence-corrected chi connectivity index (χ3v) is 4.32. The summed E-state index contributed by atoms with van der Waals surface area (Å²) >= 11 is 3.48. The van der Waals surface area contributed by atoms with Gasteiger partial charge < -0.3 is 4.74 Å². The molecule has 0 aliphatic heterocycles. The monoisotopic (exact) mass is 354 g/mol. The summed E-state index contributed by atoms with van der Waals surface area (Å²) in [6, 6.07) is 11.6. The molecule has 0 bridgehead atoms. The first-order chi connectivity index (χ1) is 10.1. The highest BCUT2D eigenvalue weighted by atomic mass is 79.9. The zero-order valence-corrected chi connectivity index (χ0v) is 13.4. The van der Waals surface area contributed by atoms with Gasteiger partial charge in [0, 0.05) is 11.4 Å². The maximum Gasteiger partial charge on any atom is 0.129 e. The highest BCUT2D eigenvalue weighted by Gasteiger charge is 2.13. The van der Waals surface area contributed by atoms with E-state index in [1.54, 1.807) is 7.11 Å². The molecule has 0 saturated carbocycles. The minimum absolute atomic E-state index is 0.233. The van der Waals surface area contributed by atoms with E-state index >= 15 is 0 Å². The standard InChI is InChI=1S/C17H17BrF2O/c1-21-16-4-2-3-12(9-16)7-13(11-18)8-14-5-6-15(19)10-17(14)20/h2-6,9-10,13H,7-8,11H2,1H3. The number of benzene rings is 2. The fourth-order valence-electron chi connectivity index (χ4n) is 2.31. The first kappa shape index (κ1) is 16.0. The Kier molecular flexibility index (Phi) is 5.74. The number of methoxy groups -OCH3 is 1. The van der Waals surface area contributed by atoms with Crippen molar-refractivity contribution in [3.05, 3.63) is 65.2 Å². The predicted octanol–water partition coefficient (Wildman–Crippen LogP) is 4.77. The van der Waals surface area contributed by atoms with Crippen LogP contribution >= 0.6 is 15.9 Å². The molecule has 1 unspecified atom stereocenters. The molecular formula is C17H17BrF2O. The summed E-state index contributed by atoms with van der Waals surface area (Å²) in [4.78, 5) is 0. The van der Waals surface area contributed by atoms with Crippen LogP contribution in [-0.4, -0.2) is 12.4 Å². The first-order valence-electron chi connectivity index (χ1n) is 6.75. The summed E-state index contributed by atoms with van der Waals surface area (Å²) in [5.74, 6) is 0.0249. The third-order valence-electron chi connectivity index (χ3n) is 3.40. The highest BCUT2D eigenvalue weighted by Crippen LogP contribution is 2.21. The second kappa shape index (κ2) is 7.55. The van der Waals surface area contributed by atoms with Crippen molar-refractivity contribution in [2.45, 2.75) is 12.8 Å². The van der Waals surface area contributed by atoms with Crippen molar-refractivity contribution in [2.24, 2.45) is 5.92 Å². The molecule has 0 spiro atoms. The van der Waals surface area contributed by atoms with E-state index in [1.165, 1.54) is 12.1 Å². The molecule has 0 aromatic heterocycles. The van der Waals surface area contributed by atoms with Crippen molar-refractivity contribution >= 4 is 15.9 Å². The number of rotatable bonds is 6. The van der Waals surface area contributed by atoms with Gasteiger partial charge in [-0.2, -0.15) is 0 Å². The van der Waals surface area contributed by atoms with Crippen molar-refractivity contribution in [3.8, 4) is 5.75 Å². The second-order valence-corrected chi connectivity index (χ2v) is 5.66. The Morgan fingerprint density at radius 3 is 2.57 bits per heavy atom. The summed E-state index contributed by atoms with van der Waals surface area (Å²) < 4.78 is 31.9. The van der Waals surface area contributed by atoms with Crippen molar-refractivity contribution < 1.29 is 13.5 Å². The quantitative estimate of drug-likeness (QED) is 0.679. The molecule has 2 aromatic rings. The number of hydrogen-bond acceptors (Lipinski definition) is 1. The molecule has 0 N–H and O–H groups in total. The van der Waals surface area contributed by atoms with E-state index in [9.17, 15) is 8.78 Å². The van der Waals surface area contributed by atoms with Gasteiger partial charge >= 0.3 is 0 Å². The molecule has 0 aliphatic rings. The van der Waals surface area contributed by atoms with Crippen LogP contribution in [0.15, 0.2) is 42.5 Å². The van der Waals surface area contributed by atoms with E-state index in [1.807, 2.05) is 24.3 Å². The molecule has 0 heterocycles. The molecule has 0 aliphatic carbocycles. The van der Waals surface area contributed by atoms with Gasteiger partial charge in [-0.25, -0.2) is 8.78 Å². The molecule has 4 heteroatoms. The topological polar surface area (TPSA) is 9.23 Å². The summed E-state index contributed by atoms with van der Waals surface area (Å²) in [5.41, 5.74) is 1.69. The lowest BCUT2D eigenvalue weighted by Gasteiger charge is -2.15. The van der Waals surface area contributed by atoms with E-state index in [4.69, 9.17) is 4.74 Å². The number of halogens is 3. The van der Waals surface area contributed by atoms with Crippen LogP contribution in [0.3, 0.4) is 0 Å². The van der Waals surface area contributed by atoms with Crippen molar-refractivity contribution in [1.82, 2.24) is 0 Å². The molecular weight excluding hydrogens is 338 g/mol. The van der Waals surface area contributed by atoms with Crippen LogP contribution in [0, 0.1) is 17.6 Å². The molecule has 1 nitrogen and oxygen atoms in total. The fourth-order valence-corrected chi connectivity index (χ4v) is 2.77. The summed E-state index contributed by atoms with van der Waals surface area (Å²) in [6.07, 6.45) is 1.37. The maximum absolute atomic E-state index is 13.7. The zero-order valence-electron chi connectivity index (χ0n) is 11.8. The third kappa shape index (κ3) is 4.53. The van der Waals surface area contributed by atoms with E-state index < -0.39 is 11.6 Å². The number of ether oxygens (including phenoxy) is 1. The van der Waals surface area contributed by atoms with Crippen LogP contribution in [-0.2, 0) is 12.8 Å². The van der Waals surface area contributed by atoms with Gasteiger partial charge in [0.25, 0.3) is 0 Å². The second-order valence-electron chi connectivity index (χ2n) is 5.02. The maximum atomic E-state index is 13.7. The predicted molar refractivity (Wildman–Crippen MR) is 84.0 cm³/mol. The van der Waals surface area contributed by atoms with Gasteiger partial charge in [0.15, 0.2) is 0 Å². The number of alkyl halides is 1. The lowest BCUT2D eigenvalue weighted by atomic mass is 9.94. The first-order valence-corrected chi connectivity index (χ1v) is 7.87. The van der Waals surface area contributed by atoms with Crippen LogP contribution in [0.25, 0.3) is 0 Å². The van der Waals surface area contributed by atoms with Crippen molar-refractivity contribution in [1.29, 1.82) is 0 Å². The summed E-state index contributed by atoms with van der Waals surface area (Å²) in [6.45, 7) is 0. The van der Waals surface area contributed by atoms with Gasteiger partial charge in [-0.1, -0.05) is 34.1 Å². The Bertz CT molecular complexity index is 601. The van der Waals surface area contributed by atoms with Gasteiger partial charge in [0.1, 0.15) is 17.4 Å². The molecule has 0 fully saturated rings. The molecule has 112 valence electrons. The largest absolute Gasteiger partial charge is 0.497 e. The summed E-state index contributed by atoms with van der Waals surface area (Å²) in [5, 5.41) is 0.751. The molecule has 0 amide bonds. The molecule has 1 atom stereocenters. The lowest BCUT2D eigenvalue weighted by Crippen LogP contribution is -2.11. The highest BCUT2D eigenvalue weighted by molar-refractivity contribution is 9.09. The normalized spacial score (nSPS) is 12.2. The van der Waals surface area contributed by atoms with Gasteiger partial charge in [-0.3, -0.25) is 0 Å². The van der Waals surface area contributed by atoms with Gasteiger partial charge in [-0.15, -0.1) is 0 Å². The molecule has 21 heavy (non-hydrogen) atoms. The SMILES string of the molecule is COc1cccc(CC(CBr)Cc2ccc(F)cc2F)c1. The Hall–Kier alpha value is -1.42. The Morgan fingerprint density at radius 1 is 1.10 bits per heavy atom. The van der Waals surface area contributed by atoms with Crippen LogP contribution in [0.2, 0.25) is 0 Å². The Balaban J connectivity index is 2.09. The number of hydrogen-bond donors (Lipinski definition) is 0. The smallest absolute Gasteiger partial charge is 0.129 e. The van der Waals surface area contributed by atoms with E-state index in [0.717, 1.165) is 29.1 Å². The molecule has 2 aromatic carbocycles. The van der Waals surface area contributed by atoms with E-state index in [-0.39, 0.29) is 5.92 Å². The minimum atomic E-state index is -0.542.